The van der Waals surface area contributed by atoms with Gasteiger partial charge in [0.05, 0.1) is 19.0 Å². The van der Waals surface area contributed by atoms with Crippen LogP contribution >= 0.6 is 0 Å². The minimum Gasteiger partial charge on any atom is -0.501 e. The molecule has 1 aliphatic heterocycles. The maximum Gasteiger partial charge on any atom is 0.0876 e. The summed E-state index contributed by atoms with van der Waals surface area (Å²) in [5.41, 5.74) is 1.63. The molecule has 1 N–H and O–H groups in total. The predicted molar refractivity (Wildman–Crippen MR) is 74.5 cm³/mol. The Hall–Kier alpha value is -0.500. The van der Waals surface area contributed by atoms with Crippen molar-refractivity contribution in [3.8, 4) is 0 Å². The second-order valence-corrected chi connectivity index (χ2v) is 7.80. The molecule has 4 aliphatic carbocycles. The average molecular weight is 262 g/mol. The van der Waals surface area contributed by atoms with Gasteiger partial charge >= 0.3 is 0 Å². The Balaban J connectivity index is 1.48. The van der Waals surface area contributed by atoms with Gasteiger partial charge in [0.25, 0.3) is 0 Å². The standard InChI is InChI=1S/C17H26O2/c18-16(15-2-1-3-19-11-15)10-17-7-12-4-13(8-17)6-14(5-12)9-17/h11-14,16,18H,1-10H2. The molecule has 4 bridgehead atoms. The van der Waals surface area contributed by atoms with Crippen LogP contribution in [0, 0.1) is 23.2 Å². The zero-order chi connectivity index (χ0) is 12.9. The van der Waals surface area contributed by atoms with Crippen LogP contribution in [0.1, 0.15) is 57.8 Å². The van der Waals surface area contributed by atoms with Crippen molar-refractivity contribution in [2.75, 3.05) is 6.61 Å². The fourth-order valence-electron chi connectivity index (χ4n) is 5.91. The first kappa shape index (κ1) is 12.3. The second-order valence-electron chi connectivity index (χ2n) is 7.80. The van der Waals surface area contributed by atoms with E-state index in [0.29, 0.717) is 5.41 Å². The van der Waals surface area contributed by atoms with Crippen LogP contribution in [-0.2, 0) is 4.74 Å². The van der Waals surface area contributed by atoms with Crippen LogP contribution in [0.5, 0.6) is 0 Å². The van der Waals surface area contributed by atoms with Crippen molar-refractivity contribution in [3.05, 3.63) is 11.8 Å². The normalized spacial score (nSPS) is 45.7. The molecule has 5 rings (SSSR count). The Kier molecular flexibility index (Phi) is 2.91. The molecule has 0 aromatic heterocycles. The molecule has 0 radical (unpaired) electrons. The minimum atomic E-state index is -0.239. The fourth-order valence-corrected chi connectivity index (χ4v) is 5.91. The summed E-state index contributed by atoms with van der Waals surface area (Å²) in [7, 11) is 0. The third-order valence-corrected chi connectivity index (χ3v) is 6.18. The quantitative estimate of drug-likeness (QED) is 0.841. The Morgan fingerprint density at radius 3 is 2.32 bits per heavy atom. The lowest BCUT2D eigenvalue weighted by Crippen LogP contribution is -2.47. The molecule has 2 nitrogen and oxygen atoms in total. The van der Waals surface area contributed by atoms with Crippen LogP contribution in [-0.4, -0.2) is 17.8 Å². The lowest BCUT2D eigenvalue weighted by molar-refractivity contribution is -0.0724. The molecule has 0 aromatic rings. The molecule has 106 valence electrons. The van der Waals surface area contributed by atoms with Gasteiger partial charge in [0.2, 0.25) is 0 Å². The SMILES string of the molecule is OC(CC12CC3CC(CC(C3)C1)C2)C1=COCCC1. The summed E-state index contributed by atoms with van der Waals surface area (Å²) in [6.07, 6.45) is 13.4. The zero-order valence-electron chi connectivity index (χ0n) is 11.8. The molecule has 0 spiro atoms. The molecule has 2 heteroatoms. The summed E-state index contributed by atoms with van der Waals surface area (Å²) in [4.78, 5) is 0. The molecular weight excluding hydrogens is 236 g/mol. The third-order valence-electron chi connectivity index (χ3n) is 6.18. The van der Waals surface area contributed by atoms with Crippen LogP contribution in [0.4, 0.5) is 0 Å². The topological polar surface area (TPSA) is 29.5 Å². The van der Waals surface area contributed by atoms with Gasteiger partial charge in [0.1, 0.15) is 0 Å². The summed E-state index contributed by atoms with van der Waals surface area (Å²) < 4.78 is 5.40. The number of aliphatic hydroxyl groups is 1. The minimum absolute atomic E-state index is 0.239. The van der Waals surface area contributed by atoms with Crippen LogP contribution in [0.25, 0.3) is 0 Å². The smallest absolute Gasteiger partial charge is 0.0876 e. The third kappa shape index (κ3) is 2.22. The molecule has 4 saturated carbocycles. The van der Waals surface area contributed by atoms with E-state index in [2.05, 4.69) is 0 Å². The van der Waals surface area contributed by atoms with E-state index < -0.39 is 0 Å². The molecule has 19 heavy (non-hydrogen) atoms. The molecule has 0 aromatic carbocycles. The van der Waals surface area contributed by atoms with Crippen LogP contribution in [0.2, 0.25) is 0 Å². The van der Waals surface area contributed by atoms with Crippen molar-refractivity contribution in [1.29, 1.82) is 0 Å². The van der Waals surface area contributed by atoms with E-state index in [0.717, 1.165) is 49.2 Å². The van der Waals surface area contributed by atoms with Gasteiger partial charge in [-0.25, -0.2) is 0 Å². The number of rotatable bonds is 3. The van der Waals surface area contributed by atoms with E-state index in [-0.39, 0.29) is 6.10 Å². The van der Waals surface area contributed by atoms with Gasteiger partial charge in [-0.3, -0.25) is 0 Å². The Morgan fingerprint density at radius 2 is 1.79 bits per heavy atom. The van der Waals surface area contributed by atoms with Crippen molar-refractivity contribution in [1.82, 2.24) is 0 Å². The maximum absolute atomic E-state index is 10.6. The Labute approximate surface area is 116 Å². The van der Waals surface area contributed by atoms with Crippen LogP contribution < -0.4 is 0 Å². The number of hydrogen-bond donors (Lipinski definition) is 1. The predicted octanol–water partition coefficient (Wildman–Crippen LogP) is 3.65. The first-order chi connectivity index (χ1) is 9.22. The van der Waals surface area contributed by atoms with E-state index >= 15 is 0 Å². The maximum atomic E-state index is 10.6. The van der Waals surface area contributed by atoms with E-state index in [4.69, 9.17) is 4.74 Å². The highest BCUT2D eigenvalue weighted by molar-refractivity contribution is 5.10. The lowest BCUT2D eigenvalue weighted by Gasteiger charge is -2.57. The van der Waals surface area contributed by atoms with E-state index in [1.807, 2.05) is 6.26 Å². The van der Waals surface area contributed by atoms with Crippen molar-refractivity contribution >= 4 is 0 Å². The summed E-state index contributed by atoms with van der Waals surface area (Å²) in [6.45, 7) is 0.827. The zero-order valence-corrected chi connectivity index (χ0v) is 11.8. The van der Waals surface area contributed by atoms with Gasteiger partial charge in [-0.05, 0) is 86.5 Å². The van der Waals surface area contributed by atoms with Gasteiger partial charge < -0.3 is 9.84 Å². The van der Waals surface area contributed by atoms with Crippen LogP contribution in [0.3, 0.4) is 0 Å². The van der Waals surface area contributed by atoms with Gasteiger partial charge in [-0.15, -0.1) is 0 Å². The molecule has 1 heterocycles. The molecular formula is C17H26O2. The molecule has 4 fully saturated rings. The summed E-state index contributed by atoms with van der Waals surface area (Å²) in [5.74, 6) is 2.94. The van der Waals surface area contributed by atoms with Gasteiger partial charge in [0, 0.05) is 0 Å². The summed E-state index contributed by atoms with van der Waals surface area (Å²) in [6, 6.07) is 0. The van der Waals surface area contributed by atoms with Crippen molar-refractivity contribution < 1.29 is 9.84 Å². The number of hydrogen-bond acceptors (Lipinski definition) is 2. The van der Waals surface area contributed by atoms with E-state index in [1.165, 1.54) is 38.5 Å². The molecule has 0 saturated heterocycles. The molecule has 1 unspecified atom stereocenters. The van der Waals surface area contributed by atoms with E-state index in [9.17, 15) is 5.11 Å². The number of aliphatic hydroxyl groups excluding tert-OH is 1. The first-order valence-corrected chi connectivity index (χ1v) is 8.21. The molecule has 0 amide bonds. The van der Waals surface area contributed by atoms with Gasteiger partial charge in [-0.2, -0.15) is 0 Å². The monoisotopic (exact) mass is 262 g/mol. The number of ether oxygens (including phenoxy) is 1. The highest BCUT2D eigenvalue weighted by Crippen LogP contribution is 2.61. The Morgan fingerprint density at radius 1 is 1.16 bits per heavy atom. The van der Waals surface area contributed by atoms with E-state index in [1.54, 1.807) is 0 Å². The summed E-state index contributed by atoms with van der Waals surface area (Å²) in [5, 5.41) is 10.6. The van der Waals surface area contributed by atoms with Crippen molar-refractivity contribution in [3.63, 3.8) is 0 Å². The average Bonchev–Trinajstić information content (AvgIpc) is 2.37. The van der Waals surface area contributed by atoms with Gasteiger partial charge in [-0.1, -0.05) is 0 Å². The lowest BCUT2D eigenvalue weighted by atomic mass is 9.48. The van der Waals surface area contributed by atoms with Crippen LogP contribution in [0.15, 0.2) is 11.8 Å². The second kappa shape index (κ2) is 4.51. The molecule has 5 aliphatic rings. The largest absolute Gasteiger partial charge is 0.501 e. The molecule has 1 atom stereocenters. The first-order valence-electron chi connectivity index (χ1n) is 8.21. The van der Waals surface area contributed by atoms with Crippen molar-refractivity contribution in [2.45, 2.75) is 63.9 Å². The summed E-state index contributed by atoms with van der Waals surface area (Å²) >= 11 is 0. The highest BCUT2D eigenvalue weighted by Gasteiger charge is 2.51. The van der Waals surface area contributed by atoms with Gasteiger partial charge in [0.15, 0.2) is 0 Å². The highest BCUT2D eigenvalue weighted by atomic mass is 16.5. The fraction of sp³-hybridized carbons (Fsp3) is 0.882. The Bertz CT molecular complexity index is 349. The van der Waals surface area contributed by atoms with Crippen molar-refractivity contribution in [2.24, 2.45) is 23.2 Å².